The molecular formula is C26H25N3O3. The monoisotopic (exact) mass is 427 g/mol. The second-order valence-corrected chi connectivity index (χ2v) is 7.88. The lowest BCUT2D eigenvalue weighted by molar-refractivity contribution is -0.117. The number of ether oxygens (including phenoxy) is 2. The molecule has 0 unspecified atom stereocenters. The van der Waals surface area contributed by atoms with E-state index in [1.807, 2.05) is 77.7 Å². The fraction of sp³-hybridized carbons (Fsp3) is 0.231. The van der Waals surface area contributed by atoms with Gasteiger partial charge in [0.05, 0.1) is 24.7 Å². The average molecular weight is 428 g/mol. The maximum atomic E-state index is 12.9. The molecule has 4 aromatic rings. The highest BCUT2D eigenvalue weighted by Crippen LogP contribution is 2.33. The SMILES string of the molecule is COc1ccc(N2C[C@@H](c3nc4ccccc4n3CCOc3ccccc3)CC2=O)cc1. The third-order valence-electron chi connectivity index (χ3n) is 5.89. The van der Waals surface area contributed by atoms with Gasteiger partial charge in [0.25, 0.3) is 0 Å². The summed E-state index contributed by atoms with van der Waals surface area (Å²) in [7, 11) is 1.64. The topological polar surface area (TPSA) is 56.6 Å². The van der Waals surface area contributed by atoms with E-state index in [-0.39, 0.29) is 11.8 Å². The van der Waals surface area contributed by atoms with Gasteiger partial charge in [0.15, 0.2) is 0 Å². The Morgan fingerprint density at radius 1 is 0.938 bits per heavy atom. The van der Waals surface area contributed by atoms with Gasteiger partial charge in [-0.25, -0.2) is 4.98 Å². The normalized spacial score (nSPS) is 16.0. The van der Waals surface area contributed by atoms with Crippen LogP contribution >= 0.6 is 0 Å². The lowest BCUT2D eigenvalue weighted by atomic mass is 10.1. The van der Waals surface area contributed by atoms with Crippen molar-refractivity contribution in [1.29, 1.82) is 0 Å². The maximum absolute atomic E-state index is 12.9. The molecule has 1 saturated heterocycles. The maximum Gasteiger partial charge on any atom is 0.227 e. The van der Waals surface area contributed by atoms with Crippen LogP contribution in [0.5, 0.6) is 11.5 Å². The van der Waals surface area contributed by atoms with E-state index in [4.69, 9.17) is 14.5 Å². The Morgan fingerprint density at radius 2 is 1.69 bits per heavy atom. The Balaban J connectivity index is 1.39. The van der Waals surface area contributed by atoms with Crippen molar-refractivity contribution in [3.05, 3.63) is 84.7 Å². The van der Waals surface area contributed by atoms with E-state index in [1.165, 1.54) is 0 Å². The van der Waals surface area contributed by atoms with Crippen molar-refractivity contribution in [3.63, 3.8) is 0 Å². The van der Waals surface area contributed by atoms with E-state index in [1.54, 1.807) is 7.11 Å². The number of hydrogen-bond acceptors (Lipinski definition) is 4. The fourth-order valence-corrected chi connectivity index (χ4v) is 4.30. The number of anilines is 1. The van der Waals surface area contributed by atoms with Crippen LogP contribution in [0.3, 0.4) is 0 Å². The number of imidazole rings is 1. The number of carbonyl (C=O) groups is 1. The highest BCUT2D eigenvalue weighted by Gasteiger charge is 2.34. The van der Waals surface area contributed by atoms with Crippen molar-refractivity contribution in [2.45, 2.75) is 18.9 Å². The fourth-order valence-electron chi connectivity index (χ4n) is 4.30. The van der Waals surface area contributed by atoms with Gasteiger partial charge in [-0.3, -0.25) is 4.79 Å². The number of methoxy groups -OCH3 is 1. The number of rotatable bonds is 7. The Morgan fingerprint density at radius 3 is 2.47 bits per heavy atom. The minimum atomic E-state index is 0.0220. The van der Waals surface area contributed by atoms with Crippen LogP contribution in [0.2, 0.25) is 0 Å². The molecule has 1 atom stereocenters. The Hall–Kier alpha value is -3.80. The molecule has 6 heteroatoms. The van der Waals surface area contributed by atoms with Crippen LogP contribution in [0, 0.1) is 0 Å². The second kappa shape index (κ2) is 8.75. The number of carbonyl (C=O) groups excluding carboxylic acids is 1. The molecule has 5 rings (SSSR count). The number of benzene rings is 3. The zero-order chi connectivity index (χ0) is 21.9. The first-order valence-corrected chi connectivity index (χ1v) is 10.8. The van der Waals surface area contributed by atoms with Crippen molar-refractivity contribution in [2.24, 2.45) is 0 Å². The summed E-state index contributed by atoms with van der Waals surface area (Å²) in [6, 6.07) is 25.5. The van der Waals surface area contributed by atoms with Crippen LogP contribution in [0.4, 0.5) is 5.69 Å². The molecule has 6 nitrogen and oxygen atoms in total. The summed E-state index contributed by atoms with van der Waals surface area (Å²) in [4.78, 5) is 19.6. The summed E-state index contributed by atoms with van der Waals surface area (Å²) >= 11 is 0. The highest BCUT2D eigenvalue weighted by atomic mass is 16.5. The van der Waals surface area contributed by atoms with Gasteiger partial charge in [-0.2, -0.15) is 0 Å². The minimum absolute atomic E-state index is 0.0220. The summed E-state index contributed by atoms with van der Waals surface area (Å²) in [6.07, 6.45) is 0.439. The molecule has 1 aliphatic rings. The number of hydrogen-bond donors (Lipinski definition) is 0. The van der Waals surface area contributed by atoms with Crippen molar-refractivity contribution >= 4 is 22.6 Å². The van der Waals surface area contributed by atoms with Crippen molar-refractivity contribution in [2.75, 3.05) is 25.2 Å². The van der Waals surface area contributed by atoms with Crippen LogP contribution in [-0.4, -0.2) is 35.7 Å². The standard InChI is InChI=1S/C26H25N3O3/c1-31-21-13-11-20(12-14-21)29-18-19(17-25(29)30)26-27-23-9-5-6-10-24(23)28(26)15-16-32-22-7-3-2-4-8-22/h2-14,19H,15-18H2,1H3/t19-/m0/s1. The molecule has 0 N–H and O–H groups in total. The van der Waals surface area contributed by atoms with Gasteiger partial charge in [-0.1, -0.05) is 30.3 Å². The molecule has 162 valence electrons. The van der Waals surface area contributed by atoms with Gasteiger partial charge < -0.3 is 18.9 Å². The number of nitrogens with zero attached hydrogens (tertiary/aromatic N) is 3. The van der Waals surface area contributed by atoms with Crippen LogP contribution < -0.4 is 14.4 Å². The lowest BCUT2D eigenvalue weighted by Gasteiger charge is -2.18. The van der Waals surface area contributed by atoms with E-state index in [9.17, 15) is 4.79 Å². The van der Waals surface area contributed by atoms with E-state index in [0.29, 0.717) is 26.1 Å². The summed E-state index contributed by atoms with van der Waals surface area (Å²) < 4.78 is 13.4. The molecule has 1 aliphatic heterocycles. The third-order valence-corrected chi connectivity index (χ3v) is 5.89. The predicted molar refractivity (Wildman–Crippen MR) is 124 cm³/mol. The van der Waals surface area contributed by atoms with Gasteiger partial charge in [-0.05, 0) is 48.5 Å². The quantitative estimate of drug-likeness (QED) is 0.431. The summed E-state index contributed by atoms with van der Waals surface area (Å²) in [5.41, 5.74) is 2.89. The molecule has 1 aromatic heterocycles. The molecule has 32 heavy (non-hydrogen) atoms. The zero-order valence-electron chi connectivity index (χ0n) is 18.0. The first-order chi connectivity index (χ1) is 15.7. The Labute approximate surface area is 187 Å². The predicted octanol–water partition coefficient (Wildman–Crippen LogP) is 4.64. The van der Waals surface area contributed by atoms with Crippen LogP contribution in [0.25, 0.3) is 11.0 Å². The number of para-hydroxylation sites is 3. The molecule has 1 amide bonds. The number of fused-ring (bicyclic) bond motifs is 1. The van der Waals surface area contributed by atoms with Crippen molar-refractivity contribution in [3.8, 4) is 11.5 Å². The van der Waals surface area contributed by atoms with E-state index in [2.05, 4.69) is 10.6 Å². The smallest absolute Gasteiger partial charge is 0.227 e. The molecule has 0 saturated carbocycles. The molecule has 3 aromatic carbocycles. The van der Waals surface area contributed by atoms with Crippen LogP contribution in [0.1, 0.15) is 18.2 Å². The summed E-state index contributed by atoms with van der Waals surface area (Å²) in [5.74, 6) is 2.69. The summed E-state index contributed by atoms with van der Waals surface area (Å²) in [5, 5.41) is 0. The molecule has 0 spiro atoms. The van der Waals surface area contributed by atoms with Gasteiger partial charge in [0.1, 0.15) is 23.9 Å². The largest absolute Gasteiger partial charge is 0.497 e. The molecule has 0 bridgehead atoms. The van der Waals surface area contributed by atoms with Gasteiger partial charge in [-0.15, -0.1) is 0 Å². The zero-order valence-corrected chi connectivity index (χ0v) is 18.0. The van der Waals surface area contributed by atoms with Crippen molar-refractivity contribution in [1.82, 2.24) is 9.55 Å². The third kappa shape index (κ3) is 3.91. The average Bonchev–Trinajstić information content (AvgIpc) is 3.40. The van der Waals surface area contributed by atoms with E-state index < -0.39 is 0 Å². The Bertz CT molecular complexity index is 1220. The number of aromatic nitrogens is 2. The van der Waals surface area contributed by atoms with Gasteiger partial charge in [0.2, 0.25) is 5.91 Å². The minimum Gasteiger partial charge on any atom is -0.497 e. The van der Waals surface area contributed by atoms with Crippen LogP contribution in [-0.2, 0) is 11.3 Å². The molecule has 0 aliphatic carbocycles. The molecule has 1 fully saturated rings. The first kappa shape index (κ1) is 20.1. The highest BCUT2D eigenvalue weighted by molar-refractivity contribution is 5.96. The molecule has 2 heterocycles. The number of amides is 1. The Kier molecular flexibility index (Phi) is 5.50. The first-order valence-electron chi connectivity index (χ1n) is 10.8. The lowest BCUT2D eigenvalue weighted by Crippen LogP contribution is -2.24. The van der Waals surface area contributed by atoms with E-state index >= 15 is 0 Å². The van der Waals surface area contributed by atoms with E-state index in [0.717, 1.165) is 34.0 Å². The molecular weight excluding hydrogens is 402 g/mol. The second-order valence-electron chi connectivity index (χ2n) is 7.88. The van der Waals surface area contributed by atoms with Crippen LogP contribution in [0.15, 0.2) is 78.9 Å². The summed E-state index contributed by atoms with van der Waals surface area (Å²) in [6.45, 7) is 1.80. The van der Waals surface area contributed by atoms with Crippen molar-refractivity contribution < 1.29 is 14.3 Å². The van der Waals surface area contributed by atoms with Gasteiger partial charge >= 0.3 is 0 Å². The molecule has 0 radical (unpaired) electrons. The van der Waals surface area contributed by atoms with Gasteiger partial charge in [0, 0.05) is 24.6 Å².